The molecule has 3 aromatic carbocycles. The van der Waals surface area contributed by atoms with Crippen LogP contribution in [0.1, 0.15) is 18.1 Å². The average Bonchev–Trinajstić information content (AvgIpc) is 2.78. The third-order valence-electron chi connectivity index (χ3n) is 4.92. The molecule has 6 heteroatoms. The fourth-order valence-corrected chi connectivity index (χ4v) is 3.34. The number of nitrogens with zero attached hydrogens (tertiary/aromatic N) is 1. The molecule has 3 aromatic rings. The van der Waals surface area contributed by atoms with Crippen LogP contribution < -0.4 is 15.0 Å². The highest BCUT2D eigenvalue weighted by Crippen LogP contribution is 2.37. The van der Waals surface area contributed by atoms with Crippen molar-refractivity contribution >= 4 is 29.3 Å². The molecule has 1 atom stereocenters. The first kappa shape index (κ1) is 20.3. The van der Waals surface area contributed by atoms with Crippen LogP contribution in [0.5, 0.6) is 5.75 Å². The van der Waals surface area contributed by atoms with Crippen molar-refractivity contribution in [1.82, 2.24) is 0 Å². The molecule has 0 spiro atoms. The number of amides is 2. The minimum Gasteiger partial charge on any atom is -0.479 e. The van der Waals surface area contributed by atoms with Crippen LogP contribution in [0.2, 0.25) is 0 Å². The van der Waals surface area contributed by atoms with Crippen molar-refractivity contribution in [3.05, 3.63) is 95.8 Å². The van der Waals surface area contributed by atoms with Crippen LogP contribution in [0.3, 0.4) is 0 Å². The Morgan fingerprint density at radius 3 is 2.58 bits per heavy atom. The second-order valence-corrected chi connectivity index (χ2v) is 7.23. The van der Waals surface area contributed by atoms with E-state index in [1.54, 1.807) is 48.2 Å². The van der Waals surface area contributed by atoms with Crippen molar-refractivity contribution in [2.75, 3.05) is 10.2 Å². The summed E-state index contributed by atoms with van der Waals surface area (Å²) in [4.78, 5) is 26.7. The summed E-state index contributed by atoms with van der Waals surface area (Å²) in [6.07, 6.45) is 2.54. The van der Waals surface area contributed by atoms with E-state index in [0.29, 0.717) is 17.1 Å². The smallest absolute Gasteiger partial charge is 0.268 e. The van der Waals surface area contributed by atoms with Crippen LogP contribution in [0.15, 0.2) is 78.9 Å². The molecule has 0 saturated heterocycles. The highest BCUT2D eigenvalue weighted by atomic mass is 19.1. The lowest BCUT2D eigenvalue weighted by molar-refractivity contribution is -0.125. The Balaban J connectivity index is 1.55. The Kier molecular flexibility index (Phi) is 5.80. The number of fused-ring (bicyclic) bond motifs is 1. The highest BCUT2D eigenvalue weighted by molar-refractivity contribution is 6.04. The third kappa shape index (κ3) is 4.80. The highest BCUT2D eigenvalue weighted by Gasteiger charge is 2.31. The average molecular weight is 416 g/mol. The fourth-order valence-electron chi connectivity index (χ4n) is 3.34. The molecule has 1 aliphatic rings. The lowest BCUT2D eigenvalue weighted by atomic mass is 10.1. The summed E-state index contributed by atoms with van der Waals surface area (Å²) in [5, 5.41) is 2.81. The topological polar surface area (TPSA) is 58.6 Å². The molecule has 5 nitrogen and oxygen atoms in total. The maximum atomic E-state index is 13.2. The first-order valence-corrected chi connectivity index (χ1v) is 9.90. The molecule has 2 amide bonds. The van der Waals surface area contributed by atoms with Gasteiger partial charge < -0.3 is 15.0 Å². The van der Waals surface area contributed by atoms with Crippen molar-refractivity contribution in [2.24, 2.45) is 0 Å². The number of hydrogen-bond donors (Lipinski definition) is 1. The lowest BCUT2D eigenvalue weighted by Gasteiger charge is -2.33. The van der Waals surface area contributed by atoms with Crippen LogP contribution in [0.4, 0.5) is 15.8 Å². The Morgan fingerprint density at radius 1 is 1.10 bits per heavy atom. The van der Waals surface area contributed by atoms with E-state index in [1.165, 1.54) is 18.2 Å². The van der Waals surface area contributed by atoms with E-state index in [4.69, 9.17) is 4.74 Å². The molecule has 31 heavy (non-hydrogen) atoms. The number of hydrogen-bond acceptors (Lipinski definition) is 3. The second kappa shape index (κ2) is 8.83. The molecule has 1 aliphatic heterocycles. The van der Waals surface area contributed by atoms with E-state index >= 15 is 0 Å². The zero-order valence-electron chi connectivity index (χ0n) is 16.9. The van der Waals surface area contributed by atoms with Gasteiger partial charge in [-0.15, -0.1) is 0 Å². The molecule has 1 unspecified atom stereocenters. The first-order valence-electron chi connectivity index (χ1n) is 9.90. The van der Waals surface area contributed by atoms with Gasteiger partial charge in [0.25, 0.3) is 5.91 Å². The molecule has 1 N–H and O–H groups in total. The second-order valence-electron chi connectivity index (χ2n) is 7.23. The van der Waals surface area contributed by atoms with Crippen molar-refractivity contribution < 1.29 is 18.7 Å². The zero-order valence-corrected chi connectivity index (χ0v) is 16.9. The van der Waals surface area contributed by atoms with Crippen LogP contribution in [0.25, 0.3) is 6.08 Å². The van der Waals surface area contributed by atoms with Crippen molar-refractivity contribution in [3.63, 3.8) is 0 Å². The van der Waals surface area contributed by atoms with Crippen molar-refractivity contribution in [1.29, 1.82) is 0 Å². The van der Waals surface area contributed by atoms with E-state index in [9.17, 15) is 14.0 Å². The van der Waals surface area contributed by atoms with Gasteiger partial charge in [0.15, 0.2) is 6.10 Å². The largest absolute Gasteiger partial charge is 0.479 e. The summed E-state index contributed by atoms with van der Waals surface area (Å²) in [7, 11) is 0. The monoisotopic (exact) mass is 416 g/mol. The fraction of sp³-hybridized carbons (Fsp3) is 0.120. The Morgan fingerprint density at radius 2 is 1.84 bits per heavy atom. The predicted octanol–water partition coefficient (Wildman–Crippen LogP) is 4.79. The van der Waals surface area contributed by atoms with E-state index in [2.05, 4.69) is 5.32 Å². The van der Waals surface area contributed by atoms with Gasteiger partial charge >= 0.3 is 0 Å². The predicted molar refractivity (Wildman–Crippen MR) is 118 cm³/mol. The normalized spacial score (nSPS) is 15.5. The Bertz CT molecular complexity index is 1130. The first-order chi connectivity index (χ1) is 15.0. The standard InChI is InChI=1S/C25H21FN2O3/c1-17-25(30)28(16-19-7-10-20(26)11-8-19)22-15-21(12-13-23(22)31-17)27-24(29)14-9-18-5-3-2-4-6-18/h2-15,17H,16H2,1H3,(H,27,29)/b14-9+. The molecular formula is C25H21FN2O3. The molecule has 0 aromatic heterocycles. The summed E-state index contributed by atoms with van der Waals surface area (Å²) in [5.41, 5.74) is 2.80. The molecule has 0 radical (unpaired) electrons. The minimum absolute atomic E-state index is 0.204. The van der Waals surface area contributed by atoms with Crippen LogP contribution in [-0.2, 0) is 16.1 Å². The number of anilines is 2. The lowest BCUT2D eigenvalue weighted by Crippen LogP contribution is -2.44. The van der Waals surface area contributed by atoms with Gasteiger partial charge in [-0.3, -0.25) is 9.59 Å². The van der Waals surface area contributed by atoms with Gasteiger partial charge in [-0.1, -0.05) is 42.5 Å². The zero-order chi connectivity index (χ0) is 21.8. The molecule has 0 bridgehead atoms. The van der Waals surface area contributed by atoms with Gasteiger partial charge in [-0.05, 0) is 54.5 Å². The van der Waals surface area contributed by atoms with Gasteiger partial charge in [0.1, 0.15) is 11.6 Å². The van der Waals surface area contributed by atoms with Crippen LogP contribution in [0, 0.1) is 5.82 Å². The number of ether oxygens (including phenoxy) is 1. The summed E-state index contributed by atoms with van der Waals surface area (Å²) < 4.78 is 19.0. The summed E-state index contributed by atoms with van der Waals surface area (Å²) >= 11 is 0. The van der Waals surface area contributed by atoms with Crippen LogP contribution in [-0.4, -0.2) is 17.9 Å². The van der Waals surface area contributed by atoms with E-state index < -0.39 is 6.10 Å². The number of benzene rings is 3. The number of carbonyl (C=O) groups is 2. The van der Waals surface area contributed by atoms with E-state index in [0.717, 1.165) is 11.1 Å². The Hall–Kier alpha value is -3.93. The molecular weight excluding hydrogens is 395 g/mol. The van der Waals surface area contributed by atoms with E-state index in [-0.39, 0.29) is 24.2 Å². The quantitative estimate of drug-likeness (QED) is 0.609. The summed E-state index contributed by atoms with van der Waals surface area (Å²) in [5.74, 6) is -0.277. The summed E-state index contributed by atoms with van der Waals surface area (Å²) in [6, 6.07) is 20.7. The maximum Gasteiger partial charge on any atom is 0.268 e. The number of carbonyl (C=O) groups excluding carboxylic acids is 2. The molecule has 156 valence electrons. The van der Waals surface area contributed by atoms with Crippen molar-refractivity contribution in [3.8, 4) is 5.75 Å². The summed E-state index contributed by atoms with van der Waals surface area (Å²) in [6.45, 7) is 1.96. The number of rotatable bonds is 5. The van der Waals surface area contributed by atoms with Gasteiger partial charge in [0.05, 0.1) is 12.2 Å². The SMILES string of the molecule is CC1Oc2ccc(NC(=O)/C=C/c3ccccc3)cc2N(Cc2ccc(F)cc2)C1=O. The van der Waals surface area contributed by atoms with E-state index in [1.807, 2.05) is 30.3 Å². The van der Waals surface area contributed by atoms with Gasteiger partial charge in [0.2, 0.25) is 5.91 Å². The number of nitrogens with one attached hydrogen (secondary N) is 1. The van der Waals surface area contributed by atoms with Gasteiger partial charge in [0, 0.05) is 11.8 Å². The molecule has 4 rings (SSSR count). The molecule has 1 heterocycles. The van der Waals surface area contributed by atoms with Gasteiger partial charge in [-0.2, -0.15) is 0 Å². The minimum atomic E-state index is -0.637. The molecule has 0 fully saturated rings. The maximum absolute atomic E-state index is 13.2. The van der Waals surface area contributed by atoms with Crippen molar-refractivity contribution in [2.45, 2.75) is 19.6 Å². The molecule has 0 aliphatic carbocycles. The number of halogens is 1. The Labute approximate surface area is 179 Å². The van der Waals surface area contributed by atoms with Crippen LogP contribution >= 0.6 is 0 Å². The van der Waals surface area contributed by atoms with Gasteiger partial charge in [-0.25, -0.2) is 4.39 Å². The third-order valence-corrected chi connectivity index (χ3v) is 4.92. The molecule has 0 saturated carbocycles.